The van der Waals surface area contributed by atoms with Gasteiger partial charge in [-0.25, -0.2) is 9.78 Å². The van der Waals surface area contributed by atoms with Gasteiger partial charge in [0.2, 0.25) is 11.8 Å². The molecule has 3 heterocycles. The van der Waals surface area contributed by atoms with Crippen molar-refractivity contribution in [1.82, 2.24) is 14.5 Å². The van der Waals surface area contributed by atoms with Crippen LogP contribution in [0.3, 0.4) is 0 Å². The van der Waals surface area contributed by atoms with Gasteiger partial charge in [0.1, 0.15) is 6.10 Å². The summed E-state index contributed by atoms with van der Waals surface area (Å²) in [6.45, 7) is 2.88. The van der Waals surface area contributed by atoms with Gasteiger partial charge in [-0.15, -0.1) is 0 Å². The molecule has 2 unspecified atom stereocenters. The second-order valence-corrected chi connectivity index (χ2v) is 12.7. The van der Waals surface area contributed by atoms with Gasteiger partial charge in [-0.2, -0.15) is 0 Å². The van der Waals surface area contributed by atoms with Crippen molar-refractivity contribution >= 4 is 40.1 Å². The summed E-state index contributed by atoms with van der Waals surface area (Å²) in [5.41, 5.74) is 4.10. The first kappa shape index (κ1) is 26.8. The highest BCUT2D eigenvalue weighted by Crippen LogP contribution is 2.65. The molecule has 1 amide bonds. The van der Waals surface area contributed by atoms with Crippen LogP contribution in [0.2, 0.25) is 5.02 Å². The molecule has 3 atom stereocenters. The number of aryl methyl sites for hydroxylation is 1. The van der Waals surface area contributed by atoms with Crippen molar-refractivity contribution in [2.24, 2.45) is 12.5 Å². The summed E-state index contributed by atoms with van der Waals surface area (Å²) in [6, 6.07) is 17.3. The smallest absolute Gasteiger partial charge is 0.337 e. The topological polar surface area (TPSA) is 96.7 Å². The Morgan fingerprint density at radius 3 is 2.71 bits per heavy atom. The summed E-state index contributed by atoms with van der Waals surface area (Å²) in [4.78, 5) is 31.1. The van der Waals surface area contributed by atoms with E-state index in [0.717, 1.165) is 43.5 Å². The molecule has 0 bridgehead atoms. The zero-order valence-electron chi connectivity index (χ0n) is 23.6. The molecule has 2 aromatic heterocycles. The molecule has 2 N–H and O–H groups in total. The average molecular weight is 585 g/mol. The molecule has 42 heavy (non-hydrogen) atoms. The molecular formula is C33H33ClN4O4. The van der Waals surface area contributed by atoms with Gasteiger partial charge in [-0.05, 0) is 67.0 Å². The Kier molecular flexibility index (Phi) is 6.24. The number of rotatable bonds is 8. The Morgan fingerprint density at radius 1 is 1.19 bits per heavy atom. The number of carbonyl (C=O) groups excluding carboxylic acids is 1. The van der Waals surface area contributed by atoms with Crippen LogP contribution in [0.25, 0.3) is 10.9 Å². The number of pyridine rings is 1. The molecular weight excluding hydrogens is 552 g/mol. The summed E-state index contributed by atoms with van der Waals surface area (Å²) in [6.07, 6.45) is 7.56. The van der Waals surface area contributed by atoms with Gasteiger partial charge in [-0.1, -0.05) is 35.9 Å². The van der Waals surface area contributed by atoms with Crippen molar-refractivity contribution < 1.29 is 19.4 Å². The van der Waals surface area contributed by atoms with E-state index in [4.69, 9.17) is 21.4 Å². The van der Waals surface area contributed by atoms with Crippen molar-refractivity contribution in [3.05, 3.63) is 88.7 Å². The van der Waals surface area contributed by atoms with Crippen LogP contribution in [0.15, 0.2) is 67.0 Å². The van der Waals surface area contributed by atoms with Crippen molar-refractivity contribution in [3.63, 3.8) is 0 Å². The zero-order valence-corrected chi connectivity index (χ0v) is 24.4. The number of anilines is 1. The monoisotopic (exact) mass is 584 g/mol. The first-order valence-corrected chi connectivity index (χ1v) is 14.8. The molecule has 1 aliphatic heterocycles. The van der Waals surface area contributed by atoms with Gasteiger partial charge in [-0.3, -0.25) is 4.79 Å². The van der Waals surface area contributed by atoms with Crippen molar-refractivity contribution in [2.75, 3.05) is 11.9 Å². The molecule has 1 saturated heterocycles. The minimum atomic E-state index is -1.02. The standard InChI is InChI=1S/C33H33ClN4O4/c1-20(24-17-37(2)27-6-4-3-5-23(24)27)36-26-9-7-21(13-25(26)34)14-30(39)38-19-32(11-12-32)18-33(38)15-28(33)42-29-10-8-22(16-35-29)31(40)41/h3-10,13,16-17,20,28,36H,11-12,14-15,18-19H2,1-2H3,(H,40,41)/t20?,28-,33?/m0/s1. The quantitative estimate of drug-likeness (QED) is 0.254. The van der Waals surface area contributed by atoms with Crippen LogP contribution in [-0.2, 0) is 18.3 Å². The summed E-state index contributed by atoms with van der Waals surface area (Å²) < 4.78 is 8.29. The fourth-order valence-electron chi connectivity index (χ4n) is 6.83. The number of carboxylic acid groups (broad SMARTS) is 1. The highest BCUT2D eigenvalue weighted by Gasteiger charge is 2.71. The Bertz CT molecular complexity index is 1710. The molecule has 2 aliphatic carbocycles. The van der Waals surface area contributed by atoms with E-state index in [1.807, 2.05) is 29.2 Å². The number of aromatic nitrogens is 2. The van der Waals surface area contributed by atoms with Crippen LogP contribution in [0.5, 0.6) is 5.88 Å². The van der Waals surface area contributed by atoms with Crippen LogP contribution >= 0.6 is 11.6 Å². The summed E-state index contributed by atoms with van der Waals surface area (Å²) in [5, 5.41) is 14.5. The molecule has 7 rings (SSSR count). The molecule has 8 nitrogen and oxygen atoms in total. The second-order valence-electron chi connectivity index (χ2n) is 12.3. The summed E-state index contributed by atoms with van der Waals surface area (Å²) in [5.74, 6) is -0.554. The number of hydrogen-bond acceptors (Lipinski definition) is 5. The van der Waals surface area contributed by atoms with Gasteiger partial charge < -0.3 is 24.6 Å². The van der Waals surface area contributed by atoms with Gasteiger partial charge in [0, 0.05) is 49.4 Å². The number of benzene rings is 2. The Labute approximate surface area is 249 Å². The summed E-state index contributed by atoms with van der Waals surface area (Å²) in [7, 11) is 2.05. The highest BCUT2D eigenvalue weighted by molar-refractivity contribution is 6.33. The van der Waals surface area contributed by atoms with Gasteiger partial charge in [0.15, 0.2) is 0 Å². The maximum Gasteiger partial charge on any atom is 0.337 e. The fourth-order valence-corrected chi connectivity index (χ4v) is 7.09. The lowest BCUT2D eigenvalue weighted by Crippen LogP contribution is -2.41. The van der Waals surface area contributed by atoms with E-state index < -0.39 is 5.97 Å². The SMILES string of the molecule is CC(Nc1ccc(CC(=O)N2CC3(CC3)CC23C[C@@H]3Oc2ccc(C(=O)O)cn2)cc1Cl)c1cn(C)c2ccccc12. The second kappa shape index (κ2) is 9.76. The molecule has 2 spiro atoms. The fraction of sp³-hybridized carbons (Fsp3) is 0.364. The maximum atomic E-state index is 13.7. The molecule has 3 aliphatic rings. The average Bonchev–Trinajstić information content (AvgIpc) is 3.81. The van der Waals surface area contributed by atoms with E-state index in [1.54, 1.807) is 6.07 Å². The lowest BCUT2D eigenvalue weighted by atomic mass is 10.0. The van der Waals surface area contributed by atoms with E-state index in [2.05, 4.69) is 53.2 Å². The van der Waals surface area contributed by atoms with E-state index in [-0.39, 0.29) is 41.0 Å². The first-order valence-electron chi connectivity index (χ1n) is 14.4. The third kappa shape index (κ3) is 4.67. The first-order chi connectivity index (χ1) is 20.2. The minimum absolute atomic E-state index is 0.0434. The zero-order chi connectivity index (χ0) is 29.2. The van der Waals surface area contributed by atoms with E-state index in [1.165, 1.54) is 28.7 Å². The van der Waals surface area contributed by atoms with Crippen LogP contribution < -0.4 is 10.1 Å². The number of likely N-dealkylation sites (tertiary alicyclic amines) is 1. The van der Waals surface area contributed by atoms with Crippen LogP contribution in [-0.4, -0.2) is 49.6 Å². The number of hydrogen-bond donors (Lipinski definition) is 2. The minimum Gasteiger partial charge on any atom is -0.478 e. The van der Waals surface area contributed by atoms with E-state index in [0.29, 0.717) is 10.9 Å². The number of nitrogens with zero attached hydrogens (tertiary/aromatic N) is 3. The van der Waals surface area contributed by atoms with Crippen LogP contribution in [0, 0.1) is 5.41 Å². The van der Waals surface area contributed by atoms with Gasteiger partial charge in [0.25, 0.3) is 0 Å². The van der Waals surface area contributed by atoms with Crippen molar-refractivity contribution in [2.45, 2.75) is 56.7 Å². The Hall–Kier alpha value is -4.04. The number of nitrogens with one attached hydrogen (secondary N) is 1. The molecule has 2 saturated carbocycles. The largest absolute Gasteiger partial charge is 0.478 e. The number of aromatic carboxylic acids is 1. The lowest BCUT2D eigenvalue weighted by molar-refractivity contribution is -0.132. The molecule has 9 heteroatoms. The number of carbonyl (C=O) groups is 2. The Morgan fingerprint density at radius 2 is 2.00 bits per heavy atom. The third-order valence-electron chi connectivity index (χ3n) is 9.35. The number of carboxylic acids is 1. The van der Waals surface area contributed by atoms with Crippen molar-refractivity contribution in [1.29, 1.82) is 0 Å². The number of fused-ring (bicyclic) bond motifs is 1. The maximum absolute atomic E-state index is 13.7. The third-order valence-corrected chi connectivity index (χ3v) is 9.66. The van der Waals surface area contributed by atoms with E-state index >= 15 is 0 Å². The molecule has 3 fully saturated rings. The van der Waals surface area contributed by atoms with E-state index in [9.17, 15) is 9.59 Å². The summed E-state index contributed by atoms with van der Waals surface area (Å²) >= 11 is 6.74. The molecule has 0 radical (unpaired) electrons. The van der Waals surface area contributed by atoms with Crippen LogP contribution in [0.4, 0.5) is 5.69 Å². The normalized spacial score (nSPS) is 22.5. The predicted molar refractivity (Wildman–Crippen MR) is 161 cm³/mol. The number of ether oxygens (including phenoxy) is 1. The number of para-hydroxylation sites is 1. The van der Waals surface area contributed by atoms with Gasteiger partial charge >= 0.3 is 5.97 Å². The molecule has 2 aromatic carbocycles. The highest BCUT2D eigenvalue weighted by atomic mass is 35.5. The van der Waals surface area contributed by atoms with Gasteiger partial charge in [0.05, 0.1) is 34.3 Å². The molecule has 216 valence electrons. The van der Waals surface area contributed by atoms with Crippen molar-refractivity contribution in [3.8, 4) is 5.88 Å². The number of halogens is 1. The predicted octanol–water partition coefficient (Wildman–Crippen LogP) is 6.24. The Balaban J connectivity index is 1.03. The number of amides is 1. The van der Waals surface area contributed by atoms with Crippen LogP contribution in [0.1, 0.15) is 60.1 Å². The molecule has 4 aromatic rings. The lowest BCUT2D eigenvalue weighted by Gasteiger charge is -2.26.